The van der Waals surface area contributed by atoms with E-state index in [4.69, 9.17) is 0 Å². The van der Waals surface area contributed by atoms with E-state index in [0.29, 0.717) is 16.4 Å². The summed E-state index contributed by atoms with van der Waals surface area (Å²) in [6.45, 7) is 0. The average molecular weight is 419 g/mol. The second kappa shape index (κ2) is 7.63. The van der Waals surface area contributed by atoms with E-state index < -0.39 is 23.4 Å². The van der Waals surface area contributed by atoms with Gasteiger partial charge in [-0.05, 0) is 41.0 Å². The standard InChI is InChI=1S/C22H14F5NS/c23-17-2-1-3-18(24)20(17)21-28-19(12-29-21)15-6-4-13(5-7-15)14-8-10-16(11-9-14)22(25,26)27/h1-11,19H,12H2. The second-order valence-electron chi connectivity index (χ2n) is 6.55. The van der Waals surface area contributed by atoms with Gasteiger partial charge in [0.1, 0.15) is 16.7 Å². The zero-order chi connectivity index (χ0) is 20.6. The summed E-state index contributed by atoms with van der Waals surface area (Å²) in [5.74, 6) is -0.730. The number of alkyl halides is 3. The predicted molar refractivity (Wildman–Crippen MR) is 105 cm³/mol. The highest BCUT2D eigenvalue weighted by Crippen LogP contribution is 2.36. The SMILES string of the molecule is Fc1cccc(F)c1C1=NC(c2ccc(-c3ccc(C(F)(F)F)cc3)cc2)CS1. The van der Waals surface area contributed by atoms with Crippen LogP contribution >= 0.6 is 11.8 Å². The molecular weight excluding hydrogens is 405 g/mol. The summed E-state index contributed by atoms with van der Waals surface area (Å²) in [5.41, 5.74) is 1.52. The van der Waals surface area contributed by atoms with E-state index in [2.05, 4.69) is 4.99 Å². The Kier molecular flexibility index (Phi) is 5.17. The maximum absolute atomic E-state index is 14.0. The molecule has 0 saturated heterocycles. The number of nitrogens with zero attached hydrogens (tertiary/aromatic N) is 1. The van der Waals surface area contributed by atoms with Crippen LogP contribution in [0.3, 0.4) is 0 Å². The molecule has 1 aliphatic rings. The number of halogens is 5. The topological polar surface area (TPSA) is 12.4 Å². The van der Waals surface area contributed by atoms with Crippen molar-refractivity contribution in [3.63, 3.8) is 0 Å². The summed E-state index contributed by atoms with van der Waals surface area (Å²) in [7, 11) is 0. The molecule has 1 heterocycles. The smallest absolute Gasteiger partial charge is 0.269 e. The molecule has 1 atom stereocenters. The maximum atomic E-state index is 14.0. The van der Waals surface area contributed by atoms with Crippen LogP contribution in [0.25, 0.3) is 11.1 Å². The Morgan fingerprint density at radius 3 is 1.90 bits per heavy atom. The van der Waals surface area contributed by atoms with Crippen LogP contribution in [0.15, 0.2) is 71.7 Å². The zero-order valence-corrected chi connectivity index (χ0v) is 15.7. The molecule has 0 spiro atoms. The average Bonchev–Trinajstić information content (AvgIpc) is 3.17. The monoisotopic (exact) mass is 419 g/mol. The molecule has 0 amide bonds. The summed E-state index contributed by atoms with van der Waals surface area (Å²) >= 11 is 1.29. The van der Waals surface area contributed by atoms with Gasteiger partial charge in [-0.1, -0.05) is 42.5 Å². The predicted octanol–water partition coefficient (Wildman–Crippen LogP) is 6.89. The van der Waals surface area contributed by atoms with Crippen molar-refractivity contribution in [1.29, 1.82) is 0 Å². The Balaban J connectivity index is 1.55. The van der Waals surface area contributed by atoms with Crippen molar-refractivity contribution in [2.24, 2.45) is 4.99 Å². The van der Waals surface area contributed by atoms with Gasteiger partial charge < -0.3 is 0 Å². The third-order valence-corrected chi connectivity index (χ3v) is 5.73. The van der Waals surface area contributed by atoms with Crippen molar-refractivity contribution in [1.82, 2.24) is 0 Å². The van der Waals surface area contributed by atoms with Crippen LogP contribution in [-0.2, 0) is 6.18 Å². The Labute approximate surface area is 168 Å². The Morgan fingerprint density at radius 2 is 1.34 bits per heavy atom. The van der Waals surface area contributed by atoms with Crippen molar-refractivity contribution >= 4 is 16.8 Å². The van der Waals surface area contributed by atoms with Crippen molar-refractivity contribution in [2.45, 2.75) is 12.2 Å². The van der Waals surface area contributed by atoms with Crippen molar-refractivity contribution in [3.05, 3.63) is 95.1 Å². The van der Waals surface area contributed by atoms with Crippen LogP contribution < -0.4 is 0 Å². The first-order chi connectivity index (χ1) is 13.8. The van der Waals surface area contributed by atoms with Crippen LogP contribution in [0, 0.1) is 11.6 Å². The largest absolute Gasteiger partial charge is 0.416 e. The van der Waals surface area contributed by atoms with E-state index in [9.17, 15) is 22.0 Å². The Hall–Kier alpha value is -2.67. The molecule has 29 heavy (non-hydrogen) atoms. The number of hydrogen-bond acceptors (Lipinski definition) is 2. The lowest BCUT2D eigenvalue weighted by atomic mass is 10.0. The van der Waals surface area contributed by atoms with Gasteiger partial charge in [0.25, 0.3) is 0 Å². The van der Waals surface area contributed by atoms with Gasteiger partial charge in [-0.15, -0.1) is 11.8 Å². The zero-order valence-electron chi connectivity index (χ0n) is 14.9. The lowest BCUT2D eigenvalue weighted by molar-refractivity contribution is -0.137. The molecule has 0 saturated carbocycles. The second-order valence-corrected chi connectivity index (χ2v) is 7.56. The fourth-order valence-electron chi connectivity index (χ4n) is 3.13. The molecule has 0 aliphatic carbocycles. The van der Waals surface area contributed by atoms with Gasteiger partial charge in [-0.3, -0.25) is 4.99 Å². The molecular formula is C22H14F5NS. The van der Waals surface area contributed by atoms with E-state index in [1.807, 2.05) is 12.1 Å². The van der Waals surface area contributed by atoms with Crippen LogP contribution in [0.2, 0.25) is 0 Å². The first-order valence-corrected chi connectivity index (χ1v) is 9.74. The molecule has 0 radical (unpaired) electrons. The van der Waals surface area contributed by atoms with E-state index in [-0.39, 0.29) is 11.6 Å². The van der Waals surface area contributed by atoms with Gasteiger partial charge in [0.2, 0.25) is 0 Å². The minimum atomic E-state index is -4.37. The Morgan fingerprint density at radius 1 is 0.793 bits per heavy atom. The van der Waals surface area contributed by atoms with Crippen LogP contribution in [-0.4, -0.2) is 10.8 Å². The highest BCUT2D eigenvalue weighted by molar-refractivity contribution is 8.14. The molecule has 1 aliphatic heterocycles. The quantitative estimate of drug-likeness (QED) is 0.421. The van der Waals surface area contributed by atoms with Gasteiger partial charge in [0.15, 0.2) is 0 Å². The number of aliphatic imine (C=N–C) groups is 1. The van der Waals surface area contributed by atoms with E-state index in [1.165, 1.54) is 42.1 Å². The molecule has 0 aromatic heterocycles. The maximum Gasteiger partial charge on any atom is 0.416 e. The van der Waals surface area contributed by atoms with E-state index in [0.717, 1.165) is 23.3 Å². The fourth-order valence-corrected chi connectivity index (χ4v) is 4.26. The Bertz CT molecular complexity index is 1040. The van der Waals surface area contributed by atoms with Crippen LogP contribution in [0.5, 0.6) is 0 Å². The molecule has 4 rings (SSSR count). The highest BCUT2D eigenvalue weighted by atomic mass is 32.2. The normalized spacial score (nSPS) is 16.7. The van der Waals surface area contributed by atoms with Crippen molar-refractivity contribution in [2.75, 3.05) is 5.75 Å². The molecule has 0 N–H and O–H groups in total. The lowest BCUT2D eigenvalue weighted by Gasteiger charge is -2.10. The number of thioether (sulfide) groups is 1. The molecule has 3 aromatic rings. The van der Waals surface area contributed by atoms with Crippen LogP contribution in [0.4, 0.5) is 22.0 Å². The van der Waals surface area contributed by atoms with Gasteiger partial charge >= 0.3 is 6.18 Å². The summed E-state index contributed by atoms with van der Waals surface area (Å²) < 4.78 is 66.0. The van der Waals surface area contributed by atoms with Crippen molar-refractivity contribution in [3.8, 4) is 11.1 Å². The summed E-state index contributed by atoms with van der Waals surface area (Å²) in [4.78, 5) is 4.47. The van der Waals surface area contributed by atoms with E-state index in [1.54, 1.807) is 12.1 Å². The molecule has 0 bridgehead atoms. The molecule has 3 aromatic carbocycles. The third kappa shape index (κ3) is 4.05. The summed E-state index contributed by atoms with van der Waals surface area (Å²) in [6, 6.07) is 15.7. The molecule has 1 nitrogen and oxygen atoms in total. The first kappa shape index (κ1) is 19.6. The number of rotatable bonds is 3. The van der Waals surface area contributed by atoms with Gasteiger partial charge in [-0.2, -0.15) is 13.2 Å². The van der Waals surface area contributed by atoms with Gasteiger partial charge in [0, 0.05) is 5.75 Å². The summed E-state index contributed by atoms with van der Waals surface area (Å²) in [5, 5.41) is 0.331. The minimum Gasteiger partial charge on any atom is -0.269 e. The highest BCUT2D eigenvalue weighted by Gasteiger charge is 2.30. The van der Waals surface area contributed by atoms with Gasteiger partial charge in [0.05, 0.1) is 17.2 Å². The molecule has 0 fully saturated rings. The number of benzene rings is 3. The molecule has 1 unspecified atom stereocenters. The van der Waals surface area contributed by atoms with Crippen molar-refractivity contribution < 1.29 is 22.0 Å². The molecule has 148 valence electrons. The van der Waals surface area contributed by atoms with Gasteiger partial charge in [-0.25, -0.2) is 8.78 Å². The molecule has 7 heteroatoms. The fraction of sp³-hybridized carbons (Fsp3) is 0.136. The summed E-state index contributed by atoms with van der Waals surface area (Å²) in [6.07, 6.45) is -4.37. The van der Waals surface area contributed by atoms with E-state index >= 15 is 0 Å². The van der Waals surface area contributed by atoms with Crippen LogP contribution in [0.1, 0.15) is 22.7 Å². The lowest BCUT2D eigenvalue weighted by Crippen LogP contribution is -2.04. The number of hydrogen-bond donors (Lipinski definition) is 0. The third-order valence-electron chi connectivity index (χ3n) is 4.67. The first-order valence-electron chi connectivity index (χ1n) is 8.75. The minimum absolute atomic E-state index is 0.110.